The molecule has 0 N–H and O–H groups in total. The molecule has 0 amide bonds. The first-order valence-corrected chi connectivity index (χ1v) is 6.69. The van der Waals surface area contributed by atoms with Crippen LogP contribution in [0.1, 0.15) is 33.3 Å². The van der Waals surface area contributed by atoms with Crippen molar-refractivity contribution in [3.8, 4) is 0 Å². The Hall–Kier alpha value is -1.97. The average molecular weight is 268 g/mol. The highest BCUT2D eigenvalue weighted by atomic mass is 16.7. The largest absolute Gasteiger partial charge is 0.346 e. The van der Waals surface area contributed by atoms with Gasteiger partial charge in [-0.1, -0.05) is 42.5 Å². The lowest BCUT2D eigenvalue weighted by Gasteiger charge is -2.11. The molecule has 0 radical (unpaired) electrons. The summed E-state index contributed by atoms with van der Waals surface area (Å²) in [4.78, 5) is 12.6. The number of aryl methyl sites for hydroxylation is 1. The molecule has 20 heavy (non-hydrogen) atoms. The van der Waals surface area contributed by atoms with Crippen LogP contribution in [0, 0.1) is 6.92 Å². The number of hydrogen-bond acceptors (Lipinski definition) is 3. The third kappa shape index (κ3) is 2.50. The first kappa shape index (κ1) is 13.0. The molecule has 2 aromatic rings. The fourth-order valence-electron chi connectivity index (χ4n) is 2.36. The fraction of sp³-hybridized carbons (Fsp3) is 0.235. The summed E-state index contributed by atoms with van der Waals surface area (Å²) in [7, 11) is 0. The maximum atomic E-state index is 12.6. The molecule has 1 heterocycles. The highest BCUT2D eigenvalue weighted by molar-refractivity contribution is 6.09. The molecule has 1 saturated heterocycles. The van der Waals surface area contributed by atoms with Crippen molar-refractivity contribution in [3.05, 3.63) is 70.8 Å². The topological polar surface area (TPSA) is 35.5 Å². The number of ether oxygens (including phenoxy) is 2. The summed E-state index contributed by atoms with van der Waals surface area (Å²) in [6, 6.07) is 15.1. The van der Waals surface area contributed by atoms with E-state index in [1.807, 2.05) is 55.5 Å². The van der Waals surface area contributed by atoms with E-state index in [9.17, 15) is 4.79 Å². The monoisotopic (exact) mass is 268 g/mol. The zero-order valence-corrected chi connectivity index (χ0v) is 11.3. The van der Waals surface area contributed by atoms with Crippen molar-refractivity contribution in [1.82, 2.24) is 0 Å². The van der Waals surface area contributed by atoms with E-state index in [0.29, 0.717) is 18.8 Å². The molecule has 0 aromatic heterocycles. The molecule has 3 nitrogen and oxygen atoms in total. The second kappa shape index (κ2) is 5.57. The average Bonchev–Trinajstić information content (AvgIpc) is 3.01. The summed E-state index contributed by atoms with van der Waals surface area (Å²) in [5.74, 6) is 0.0305. The summed E-state index contributed by atoms with van der Waals surface area (Å²) in [6.45, 7) is 3.14. The predicted octanol–water partition coefficient (Wildman–Crippen LogP) is 3.27. The number of hydrogen-bond donors (Lipinski definition) is 0. The number of benzene rings is 2. The van der Waals surface area contributed by atoms with Crippen molar-refractivity contribution in [2.75, 3.05) is 13.2 Å². The van der Waals surface area contributed by atoms with Crippen molar-refractivity contribution >= 4 is 5.78 Å². The number of rotatable bonds is 3. The van der Waals surface area contributed by atoms with Gasteiger partial charge in [-0.3, -0.25) is 4.79 Å². The molecule has 1 fully saturated rings. The Morgan fingerprint density at radius 1 is 1.05 bits per heavy atom. The quantitative estimate of drug-likeness (QED) is 0.801. The molecular weight excluding hydrogens is 252 g/mol. The molecule has 0 aliphatic carbocycles. The van der Waals surface area contributed by atoms with Crippen molar-refractivity contribution in [1.29, 1.82) is 0 Å². The fourth-order valence-corrected chi connectivity index (χ4v) is 2.36. The summed E-state index contributed by atoms with van der Waals surface area (Å²) in [5, 5.41) is 0. The van der Waals surface area contributed by atoms with E-state index in [1.54, 1.807) is 0 Å². The second-order valence-corrected chi connectivity index (χ2v) is 4.84. The minimum Gasteiger partial charge on any atom is -0.346 e. The molecule has 0 spiro atoms. The normalized spacial score (nSPS) is 15.4. The Morgan fingerprint density at radius 2 is 1.80 bits per heavy atom. The van der Waals surface area contributed by atoms with Gasteiger partial charge in [-0.2, -0.15) is 0 Å². The van der Waals surface area contributed by atoms with E-state index in [4.69, 9.17) is 9.47 Å². The molecule has 1 aliphatic heterocycles. The van der Waals surface area contributed by atoms with Gasteiger partial charge in [0, 0.05) is 16.7 Å². The minimum absolute atomic E-state index is 0.0305. The number of ketones is 1. The van der Waals surface area contributed by atoms with Crippen LogP contribution in [0.3, 0.4) is 0 Å². The van der Waals surface area contributed by atoms with Gasteiger partial charge in [0.25, 0.3) is 0 Å². The van der Waals surface area contributed by atoms with E-state index in [1.165, 1.54) is 0 Å². The van der Waals surface area contributed by atoms with Crippen LogP contribution in [-0.4, -0.2) is 19.0 Å². The standard InChI is InChI=1S/C17H16O3/c1-12-5-2-3-8-15(12)16(18)13-6-4-7-14(11-13)17-19-9-10-20-17/h2-8,11,17H,9-10H2,1H3. The minimum atomic E-state index is -0.348. The van der Waals surface area contributed by atoms with Gasteiger partial charge in [-0.15, -0.1) is 0 Å². The highest BCUT2D eigenvalue weighted by Gasteiger charge is 2.20. The van der Waals surface area contributed by atoms with Crippen molar-refractivity contribution in [2.45, 2.75) is 13.2 Å². The summed E-state index contributed by atoms with van der Waals surface area (Å²) in [6.07, 6.45) is -0.348. The summed E-state index contributed by atoms with van der Waals surface area (Å²) < 4.78 is 10.9. The van der Waals surface area contributed by atoms with Crippen molar-refractivity contribution in [2.24, 2.45) is 0 Å². The van der Waals surface area contributed by atoms with Crippen LogP contribution in [0.5, 0.6) is 0 Å². The first-order chi connectivity index (χ1) is 9.75. The van der Waals surface area contributed by atoms with Crippen LogP contribution in [-0.2, 0) is 9.47 Å². The van der Waals surface area contributed by atoms with Crippen LogP contribution in [0.15, 0.2) is 48.5 Å². The summed E-state index contributed by atoms with van der Waals surface area (Å²) in [5.41, 5.74) is 3.27. The Labute approximate surface area is 118 Å². The lowest BCUT2D eigenvalue weighted by atomic mass is 9.98. The van der Waals surface area contributed by atoms with Gasteiger partial charge in [0.15, 0.2) is 12.1 Å². The van der Waals surface area contributed by atoms with Gasteiger partial charge in [-0.25, -0.2) is 0 Å². The molecule has 3 rings (SSSR count). The third-order valence-electron chi connectivity index (χ3n) is 3.43. The first-order valence-electron chi connectivity index (χ1n) is 6.69. The third-order valence-corrected chi connectivity index (χ3v) is 3.43. The summed E-state index contributed by atoms with van der Waals surface area (Å²) >= 11 is 0. The maximum absolute atomic E-state index is 12.6. The SMILES string of the molecule is Cc1ccccc1C(=O)c1cccc(C2OCCO2)c1. The zero-order valence-electron chi connectivity index (χ0n) is 11.3. The number of carbonyl (C=O) groups excluding carboxylic acids is 1. The van der Waals surface area contributed by atoms with Crippen LogP contribution in [0.25, 0.3) is 0 Å². The van der Waals surface area contributed by atoms with Gasteiger partial charge < -0.3 is 9.47 Å². The van der Waals surface area contributed by atoms with Gasteiger partial charge in [0.05, 0.1) is 13.2 Å². The van der Waals surface area contributed by atoms with E-state index < -0.39 is 0 Å². The molecule has 3 heteroatoms. The number of carbonyl (C=O) groups is 1. The zero-order chi connectivity index (χ0) is 13.9. The van der Waals surface area contributed by atoms with E-state index in [-0.39, 0.29) is 12.1 Å². The molecule has 0 unspecified atom stereocenters. The van der Waals surface area contributed by atoms with Crippen LogP contribution in [0.4, 0.5) is 0 Å². The van der Waals surface area contributed by atoms with Crippen LogP contribution in [0.2, 0.25) is 0 Å². The molecule has 1 aliphatic rings. The predicted molar refractivity (Wildman–Crippen MR) is 75.7 cm³/mol. The Morgan fingerprint density at radius 3 is 2.55 bits per heavy atom. The molecule has 0 bridgehead atoms. The molecule has 0 atom stereocenters. The maximum Gasteiger partial charge on any atom is 0.193 e. The molecule has 2 aromatic carbocycles. The van der Waals surface area contributed by atoms with Crippen molar-refractivity contribution < 1.29 is 14.3 Å². The second-order valence-electron chi connectivity index (χ2n) is 4.84. The molecule has 0 saturated carbocycles. The molecule has 102 valence electrons. The van der Waals surface area contributed by atoms with Gasteiger partial charge in [-0.05, 0) is 18.6 Å². The highest BCUT2D eigenvalue weighted by Crippen LogP contribution is 2.25. The Bertz CT molecular complexity index is 628. The van der Waals surface area contributed by atoms with E-state index >= 15 is 0 Å². The van der Waals surface area contributed by atoms with Gasteiger partial charge in [0.2, 0.25) is 0 Å². The lowest BCUT2D eigenvalue weighted by molar-refractivity contribution is -0.0441. The Kier molecular flexibility index (Phi) is 3.63. The Balaban J connectivity index is 1.92. The lowest BCUT2D eigenvalue weighted by Crippen LogP contribution is -2.05. The smallest absolute Gasteiger partial charge is 0.193 e. The van der Waals surface area contributed by atoms with Crippen LogP contribution < -0.4 is 0 Å². The van der Waals surface area contributed by atoms with Crippen LogP contribution >= 0.6 is 0 Å². The molecular formula is C17H16O3. The van der Waals surface area contributed by atoms with E-state index in [2.05, 4.69) is 0 Å². The van der Waals surface area contributed by atoms with Gasteiger partial charge in [0.1, 0.15) is 0 Å². The van der Waals surface area contributed by atoms with Crippen molar-refractivity contribution in [3.63, 3.8) is 0 Å². The van der Waals surface area contributed by atoms with Gasteiger partial charge >= 0.3 is 0 Å². The van der Waals surface area contributed by atoms with E-state index in [0.717, 1.165) is 16.7 Å².